The lowest BCUT2D eigenvalue weighted by molar-refractivity contribution is -0.146. The first-order chi connectivity index (χ1) is 14.8. The Morgan fingerprint density at radius 3 is 2.55 bits per heavy atom. The number of piperidine rings is 1. The van der Waals surface area contributed by atoms with E-state index in [4.69, 9.17) is 9.47 Å². The van der Waals surface area contributed by atoms with Gasteiger partial charge in [-0.05, 0) is 37.3 Å². The number of methoxy groups -OCH3 is 1. The van der Waals surface area contributed by atoms with Crippen LogP contribution in [0.4, 0.5) is 13.2 Å². The number of nitrogens with zero attached hydrogens (tertiary/aromatic N) is 2. The molecule has 0 atom stereocenters. The van der Waals surface area contributed by atoms with E-state index in [1.165, 1.54) is 19.2 Å². The van der Waals surface area contributed by atoms with Crippen LogP contribution in [0, 0.1) is 5.92 Å². The second-order valence-corrected chi connectivity index (χ2v) is 8.16. The van der Waals surface area contributed by atoms with Gasteiger partial charge in [-0.25, -0.2) is 0 Å². The van der Waals surface area contributed by atoms with E-state index in [2.05, 4.69) is 15.2 Å². The first kappa shape index (κ1) is 23.4. The molecule has 0 aliphatic carbocycles. The monoisotopic (exact) mass is 441 g/mol. The van der Waals surface area contributed by atoms with Crippen LogP contribution < -0.4 is 5.32 Å². The van der Waals surface area contributed by atoms with Crippen LogP contribution in [0.2, 0.25) is 0 Å². The van der Waals surface area contributed by atoms with E-state index in [1.807, 2.05) is 0 Å². The Kier molecular flexibility index (Phi) is 7.46. The highest BCUT2D eigenvalue weighted by molar-refractivity contribution is 5.80. The Bertz CT molecular complexity index is 784. The number of rotatable bonds is 4. The van der Waals surface area contributed by atoms with Crippen LogP contribution in [0.1, 0.15) is 36.8 Å². The summed E-state index contributed by atoms with van der Waals surface area (Å²) in [6.07, 6.45) is -1.76. The maximum Gasteiger partial charge on any atom is 0.416 e. The summed E-state index contributed by atoms with van der Waals surface area (Å²) < 4.78 is 50.2. The number of hydrogen-bond acceptors (Lipinski definition) is 4. The molecule has 2 aliphatic heterocycles. The molecule has 0 unspecified atom stereocenters. The number of ether oxygens (including phenoxy) is 2. The van der Waals surface area contributed by atoms with E-state index in [1.54, 1.807) is 13.1 Å². The van der Waals surface area contributed by atoms with Crippen molar-refractivity contribution in [3.63, 3.8) is 0 Å². The molecule has 172 valence electrons. The van der Waals surface area contributed by atoms with Crippen molar-refractivity contribution in [3.05, 3.63) is 35.4 Å². The van der Waals surface area contributed by atoms with E-state index in [0.717, 1.165) is 6.07 Å². The lowest BCUT2D eigenvalue weighted by Crippen LogP contribution is -2.51. The third-order valence-corrected chi connectivity index (χ3v) is 6.38. The summed E-state index contributed by atoms with van der Waals surface area (Å²) in [4.78, 5) is 18.2. The van der Waals surface area contributed by atoms with Crippen LogP contribution in [0.5, 0.6) is 0 Å². The predicted molar refractivity (Wildman–Crippen MR) is 111 cm³/mol. The number of esters is 1. The van der Waals surface area contributed by atoms with Gasteiger partial charge in [0.1, 0.15) is 0 Å². The van der Waals surface area contributed by atoms with Gasteiger partial charge < -0.3 is 19.7 Å². The van der Waals surface area contributed by atoms with Crippen LogP contribution in [0.25, 0.3) is 0 Å². The lowest BCUT2D eigenvalue weighted by atomic mass is 9.73. The highest BCUT2D eigenvalue weighted by Crippen LogP contribution is 2.38. The van der Waals surface area contributed by atoms with Crippen molar-refractivity contribution >= 4 is 11.9 Å². The van der Waals surface area contributed by atoms with Gasteiger partial charge in [0, 0.05) is 45.3 Å². The topological polar surface area (TPSA) is 63.2 Å². The fourth-order valence-corrected chi connectivity index (χ4v) is 4.43. The minimum atomic E-state index is -4.38. The van der Waals surface area contributed by atoms with Gasteiger partial charge in [0.15, 0.2) is 5.96 Å². The Hall–Kier alpha value is -2.29. The number of alkyl halides is 3. The molecule has 0 aromatic heterocycles. The molecule has 2 saturated heterocycles. The van der Waals surface area contributed by atoms with Gasteiger partial charge in [0.2, 0.25) is 0 Å². The quantitative estimate of drug-likeness (QED) is 0.442. The molecule has 2 aliphatic rings. The number of halogens is 3. The first-order valence-electron chi connectivity index (χ1n) is 10.6. The zero-order chi connectivity index (χ0) is 22.5. The maximum atomic E-state index is 13.3. The number of carbonyl (C=O) groups excluding carboxylic acids is 1. The van der Waals surface area contributed by atoms with Gasteiger partial charge in [-0.15, -0.1) is 0 Å². The first-order valence-corrected chi connectivity index (χ1v) is 10.6. The molecule has 31 heavy (non-hydrogen) atoms. The number of hydrogen-bond donors (Lipinski definition) is 1. The van der Waals surface area contributed by atoms with Crippen LogP contribution in [0.3, 0.4) is 0 Å². The van der Waals surface area contributed by atoms with Gasteiger partial charge in [-0.1, -0.05) is 18.2 Å². The predicted octanol–water partition coefficient (Wildman–Crippen LogP) is 3.21. The third-order valence-electron chi connectivity index (χ3n) is 6.38. The van der Waals surface area contributed by atoms with E-state index >= 15 is 0 Å². The molecule has 1 aromatic rings. The highest BCUT2D eigenvalue weighted by atomic mass is 19.4. The van der Waals surface area contributed by atoms with Crippen molar-refractivity contribution in [2.45, 2.75) is 37.3 Å². The third kappa shape index (κ3) is 5.50. The van der Waals surface area contributed by atoms with E-state index < -0.39 is 17.2 Å². The Balaban J connectivity index is 1.72. The maximum absolute atomic E-state index is 13.3. The summed E-state index contributed by atoms with van der Waals surface area (Å²) in [5.74, 6) is 0.403. The summed E-state index contributed by atoms with van der Waals surface area (Å²) in [7, 11) is 3.09. The van der Waals surface area contributed by atoms with Crippen molar-refractivity contribution < 1.29 is 27.4 Å². The summed E-state index contributed by atoms with van der Waals surface area (Å²) in [6, 6.07) is 5.61. The van der Waals surface area contributed by atoms with Gasteiger partial charge in [-0.2, -0.15) is 13.2 Å². The summed E-state index contributed by atoms with van der Waals surface area (Å²) in [5, 5.41) is 3.39. The second kappa shape index (κ2) is 9.89. The van der Waals surface area contributed by atoms with Gasteiger partial charge in [0.25, 0.3) is 0 Å². The Morgan fingerprint density at radius 2 is 1.97 bits per heavy atom. The molecule has 0 spiro atoms. The van der Waals surface area contributed by atoms with Crippen molar-refractivity contribution in [2.24, 2.45) is 10.9 Å². The molecule has 1 aromatic carbocycles. The fraction of sp³-hybridized carbons (Fsp3) is 0.636. The molecular weight excluding hydrogens is 411 g/mol. The van der Waals surface area contributed by atoms with E-state index in [-0.39, 0.29) is 11.9 Å². The van der Waals surface area contributed by atoms with Crippen LogP contribution >= 0.6 is 0 Å². The standard InChI is InChI=1S/C22H30F3N3O3/c1-26-20(28-10-6-16(7-11-28)19(29)30-2)27-15-21(8-12-31-13-9-21)17-4-3-5-18(14-17)22(23,24)25/h3-5,14,16H,6-13,15H2,1-2H3,(H,26,27). The van der Waals surface area contributed by atoms with Crippen molar-refractivity contribution in [3.8, 4) is 0 Å². The lowest BCUT2D eigenvalue weighted by Gasteiger charge is -2.40. The molecule has 1 N–H and O–H groups in total. The minimum absolute atomic E-state index is 0.105. The molecule has 9 heteroatoms. The van der Waals surface area contributed by atoms with Crippen LogP contribution in [-0.2, 0) is 25.9 Å². The number of benzene rings is 1. The van der Waals surface area contributed by atoms with Gasteiger partial charge in [-0.3, -0.25) is 9.79 Å². The number of guanidine groups is 1. The summed E-state index contributed by atoms with van der Waals surface area (Å²) in [5.41, 5.74) is -0.442. The smallest absolute Gasteiger partial charge is 0.416 e. The fourth-order valence-electron chi connectivity index (χ4n) is 4.43. The van der Waals surface area contributed by atoms with Crippen molar-refractivity contribution in [1.29, 1.82) is 0 Å². The summed E-state index contributed by atoms with van der Waals surface area (Å²) >= 11 is 0. The second-order valence-electron chi connectivity index (χ2n) is 8.16. The molecule has 0 saturated carbocycles. The molecule has 0 amide bonds. The van der Waals surface area contributed by atoms with Gasteiger partial charge >= 0.3 is 12.1 Å². The van der Waals surface area contributed by atoms with Gasteiger partial charge in [0.05, 0.1) is 18.6 Å². The molecule has 2 heterocycles. The van der Waals surface area contributed by atoms with E-state index in [9.17, 15) is 18.0 Å². The van der Waals surface area contributed by atoms with Crippen LogP contribution in [-0.4, -0.2) is 63.8 Å². The minimum Gasteiger partial charge on any atom is -0.469 e. The molecule has 2 fully saturated rings. The zero-order valence-electron chi connectivity index (χ0n) is 18.0. The molecule has 3 rings (SSSR count). The number of carbonyl (C=O) groups is 1. The van der Waals surface area contributed by atoms with Crippen molar-refractivity contribution in [2.75, 3.05) is 47.0 Å². The zero-order valence-corrected chi connectivity index (χ0v) is 18.0. The average Bonchev–Trinajstić information content (AvgIpc) is 2.79. The molecular formula is C22H30F3N3O3. The number of nitrogens with one attached hydrogen (secondary N) is 1. The van der Waals surface area contributed by atoms with Crippen LogP contribution in [0.15, 0.2) is 29.3 Å². The molecule has 6 nitrogen and oxygen atoms in total. The molecule has 0 bridgehead atoms. The normalized spacial score (nSPS) is 20.4. The largest absolute Gasteiger partial charge is 0.469 e. The average molecular weight is 441 g/mol. The molecule has 0 radical (unpaired) electrons. The van der Waals surface area contributed by atoms with E-state index in [0.29, 0.717) is 70.1 Å². The number of likely N-dealkylation sites (tertiary alicyclic amines) is 1. The SMILES string of the molecule is CN=C(NCC1(c2cccc(C(F)(F)F)c2)CCOCC1)N1CCC(C(=O)OC)CC1. The highest BCUT2D eigenvalue weighted by Gasteiger charge is 2.38. The number of aliphatic imine (C=N–C) groups is 1. The van der Waals surface area contributed by atoms with Crippen molar-refractivity contribution in [1.82, 2.24) is 10.2 Å². The summed E-state index contributed by atoms with van der Waals surface area (Å²) in [6.45, 7) is 2.79. The Morgan fingerprint density at radius 1 is 1.29 bits per heavy atom. The Labute approximate surface area is 180 Å².